The molecule has 2 unspecified atom stereocenters. The van der Waals surface area contributed by atoms with Gasteiger partial charge in [0.2, 0.25) is 0 Å². The Bertz CT molecular complexity index is 33.9. The molecule has 1 nitrogen and oxygen atoms in total. The lowest BCUT2D eigenvalue weighted by Crippen LogP contribution is -1.18. The van der Waals surface area contributed by atoms with Gasteiger partial charge in [-0.15, -0.1) is 0 Å². The van der Waals surface area contributed by atoms with Crippen molar-refractivity contribution in [1.82, 2.24) is 0 Å². The van der Waals surface area contributed by atoms with Crippen LogP contribution in [-0.4, -0.2) is 0 Å². The van der Waals surface area contributed by atoms with E-state index in [9.17, 15) is 0 Å². The van der Waals surface area contributed by atoms with Gasteiger partial charge in [0.1, 0.15) is 0 Å². The Hall–Kier alpha value is 1.31. The Morgan fingerprint density at radius 1 is 1.60 bits per heavy atom. The second-order valence-corrected chi connectivity index (χ2v) is 6.84. The average molecular weight is 143 g/mol. The van der Waals surface area contributed by atoms with Crippen LogP contribution >= 0.6 is 25.3 Å². The lowest BCUT2D eigenvalue weighted by Gasteiger charge is -1.82. The van der Waals surface area contributed by atoms with E-state index >= 15 is 0 Å². The van der Waals surface area contributed by atoms with Crippen LogP contribution in [0.1, 0.15) is 0 Å². The zero-order valence-corrected chi connectivity index (χ0v) is 6.48. The van der Waals surface area contributed by atoms with Crippen molar-refractivity contribution >= 4 is 37.7 Å². The van der Waals surface area contributed by atoms with E-state index in [1.165, 1.54) is 0 Å². The molecule has 0 aromatic carbocycles. The van der Waals surface area contributed by atoms with Crippen molar-refractivity contribution in [1.29, 1.82) is 0 Å². The van der Waals surface area contributed by atoms with E-state index < -0.39 is 0 Å². The second kappa shape index (κ2) is 3.50. The van der Waals surface area contributed by atoms with Crippen molar-refractivity contribution in [3.05, 3.63) is 0 Å². The highest BCUT2D eigenvalue weighted by molar-refractivity contribution is 8.43. The van der Waals surface area contributed by atoms with Gasteiger partial charge in [-0.25, -0.2) is 0 Å². The normalized spacial score (nSPS) is 8.60. The van der Waals surface area contributed by atoms with Gasteiger partial charge in [-0.2, -0.15) is 4.13 Å². The molecule has 0 aliphatic carbocycles. The SMILES string of the molecule is PP(P)N=S. The molecule has 2 atom stereocenters. The van der Waals surface area contributed by atoms with Gasteiger partial charge in [0.25, 0.3) is 0 Å². The Morgan fingerprint density at radius 3 is 1.80 bits per heavy atom. The van der Waals surface area contributed by atoms with Gasteiger partial charge < -0.3 is 0 Å². The monoisotopic (exact) mass is 143 g/mol. The van der Waals surface area contributed by atoms with Crippen LogP contribution in [0.2, 0.25) is 0 Å². The maximum absolute atomic E-state index is 4.29. The predicted octanol–water partition coefficient (Wildman–Crippen LogP) is 1.69. The van der Waals surface area contributed by atoms with Crippen LogP contribution in [0.25, 0.3) is 0 Å². The number of nitrogens with zero attached hydrogens (tertiary/aromatic N) is 1. The highest BCUT2D eigenvalue weighted by Gasteiger charge is 1.76. The van der Waals surface area contributed by atoms with Crippen LogP contribution in [0, 0.1) is 0 Å². The summed E-state index contributed by atoms with van der Waals surface area (Å²) in [5, 5.41) is 0. The quantitative estimate of drug-likeness (QED) is 0.509. The second-order valence-electron chi connectivity index (χ2n) is 0.462. The molecule has 0 fully saturated rings. The molecule has 0 radical (unpaired) electrons. The number of hydrogen-bond donors (Lipinski definition) is 0. The van der Waals surface area contributed by atoms with Crippen molar-refractivity contribution in [3.8, 4) is 0 Å². The molecule has 5 heteroatoms. The summed E-state index contributed by atoms with van der Waals surface area (Å²) in [5.41, 5.74) is 0. The van der Waals surface area contributed by atoms with Crippen LogP contribution in [0.4, 0.5) is 0 Å². The molecule has 0 amide bonds. The van der Waals surface area contributed by atoms with Gasteiger partial charge in [0.15, 0.2) is 0 Å². The Labute approximate surface area is 42.5 Å². The molecule has 5 heavy (non-hydrogen) atoms. The maximum Gasteiger partial charge on any atom is 0.0660 e. The molecule has 0 aliphatic rings. The fraction of sp³-hybridized carbons (Fsp3) is 0. The van der Waals surface area contributed by atoms with Gasteiger partial charge in [-0.05, 0) is 0 Å². The standard InChI is InChI=1S/H4NP3S/c2-4(3)1-5/h2-3H2. The van der Waals surface area contributed by atoms with Gasteiger partial charge in [0.05, 0.1) is 7.45 Å². The third kappa shape index (κ3) is 5.31. The van der Waals surface area contributed by atoms with Crippen molar-refractivity contribution < 1.29 is 0 Å². The number of rotatable bonds is 1. The highest BCUT2D eigenvalue weighted by atomic mass is 32.4. The topological polar surface area (TPSA) is 12.4 Å². The largest absolute Gasteiger partial charge is 0.188 e. The Kier molecular flexibility index (Phi) is 4.41. The summed E-state index contributed by atoms with van der Waals surface area (Å²) in [6.07, 6.45) is 0. The van der Waals surface area contributed by atoms with Crippen LogP contribution in [0.3, 0.4) is 0 Å². The predicted molar refractivity (Wildman–Crippen MR) is 36.1 cm³/mol. The first-order valence-corrected chi connectivity index (χ1v) is 5.80. The summed E-state index contributed by atoms with van der Waals surface area (Å²) >= 11 is 4.29. The summed E-state index contributed by atoms with van der Waals surface area (Å²) in [6.45, 7) is 0. The molecular weight excluding hydrogens is 139 g/mol. The molecular formula is H4NP3S. The molecule has 0 rings (SSSR count). The fourth-order valence-electron chi connectivity index (χ4n) is 0. The van der Waals surface area contributed by atoms with Crippen LogP contribution in [0.5, 0.6) is 0 Å². The van der Waals surface area contributed by atoms with Crippen molar-refractivity contribution in [3.63, 3.8) is 0 Å². The van der Waals surface area contributed by atoms with Gasteiger partial charge in [-0.3, -0.25) is 0 Å². The zero-order valence-electron chi connectivity index (χ0n) is 2.46. The molecule has 0 aliphatic heterocycles. The van der Waals surface area contributed by atoms with E-state index in [0.29, 0.717) is 0 Å². The minimum absolute atomic E-state index is 0.325. The smallest absolute Gasteiger partial charge is 0.0660 e. The van der Waals surface area contributed by atoms with Crippen molar-refractivity contribution in [2.75, 3.05) is 0 Å². The molecule has 0 spiro atoms. The minimum atomic E-state index is -0.325. The number of hydrogen-bond acceptors (Lipinski definition) is 2. The lowest BCUT2D eigenvalue weighted by atomic mass is 13.9. The third-order valence-electron chi connectivity index (χ3n) is 0.0943. The van der Waals surface area contributed by atoms with E-state index in [2.05, 4.69) is 34.4 Å². The van der Waals surface area contributed by atoms with Crippen molar-refractivity contribution in [2.24, 2.45) is 4.13 Å². The van der Waals surface area contributed by atoms with Crippen molar-refractivity contribution in [2.45, 2.75) is 0 Å². The molecule has 0 saturated carbocycles. The molecule has 30 valence electrons. The summed E-state index contributed by atoms with van der Waals surface area (Å²) in [5.74, 6) is 0. The zero-order chi connectivity index (χ0) is 4.28. The van der Waals surface area contributed by atoms with Crippen LogP contribution in [0.15, 0.2) is 4.13 Å². The maximum atomic E-state index is 4.29. The first-order valence-electron chi connectivity index (χ1n) is 0.899. The fourth-order valence-corrected chi connectivity index (χ4v) is 0. The molecule has 0 N–H and O–H groups in total. The average Bonchev–Trinajstić information content (AvgIpc) is 1.38. The molecule has 0 aromatic rings. The third-order valence-corrected chi connectivity index (χ3v) is 2.55. The van der Waals surface area contributed by atoms with Gasteiger partial charge >= 0.3 is 0 Å². The van der Waals surface area contributed by atoms with E-state index in [-0.39, 0.29) is 7.45 Å². The molecule has 0 bridgehead atoms. The first kappa shape index (κ1) is 6.31. The van der Waals surface area contributed by atoms with E-state index in [0.717, 1.165) is 0 Å². The minimum Gasteiger partial charge on any atom is -0.188 e. The van der Waals surface area contributed by atoms with Crippen LogP contribution < -0.4 is 0 Å². The first-order chi connectivity index (χ1) is 2.27. The summed E-state index contributed by atoms with van der Waals surface area (Å²) < 4.78 is 3.46. The van der Waals surface area contributed by atoms with E-state index in [1.807, 2.05) is 0 Å². The van der Waals surface area contributed by atoms with Gasteiger partial charge in [-0.1, -0.05) is 17.9 Å². The summed E-state index contributed by atoms with van der Waals surface area (Å²) in [7, 11) is 4.66. The lowest BCUT2D eigenvalue weighted by molar-refractivity contribution is 2.11. The summed E-state index contributed by atoms with van der Waals surface area (Å²) in [6, 6.07) is 0. The van der Waals surface area contributed by atoms with Crippen LogP contribution in [-0.2, 0) is 12.4 Å². The van der Waals surface area contributed by atoms with E-state index in [1.54, 1.807) is 0 Å². The molecule has 0 aromatic heterocycles. The summed E-state index contributed by atoms with van der Waals surface area (Å²) in [4.78, 5) is 0. The Balaban J connectivity index is 2.83. The Morgan fingerprint density at radius 2 is 1.80 bits per heavy atom. The molecule has 0 saturated heterocycles. The van der Waals surface area contributed by atoms with Gasteiger partial charge in [0, 0.05) is 12.4 Å². The molecule has 0 heterocycles. The van der Waals surface area contributed by atoms with E-state index in [4.69, 9.17) is 0 Å². The highest BCUT2D eigenvalue weighted by Crippen LogP contribution is 2.53.